The summed E-state index contributed by atoms with van der Waals surface area (Å²) < 4.78 is 7.52. The number of rotatable bonds is 4. The van der Waals surface area contributed by atoms with Gasteiger partial charge in [0.15, 0.2) is 0 Å². The first kappa shape index (κ1) is 18.3. The number of benzene rings is 2. The van der Waals surface area contributed by atoms with Gasteiger partial charge < -0.3 is 10.5 Å². The van der Waals surface area contributed by atoms with E-state index in [1.807, 2.05) is 37.3 Å². The lowest BCUT2D eigenvalue weighted by Gasteiger charge is -2.24. The van der Waals surface area contributed by atoms with Gasteiger partial charge in [0.2, 0.25) is 11.8 Å². The largest absolute Gasteiger partial charge is 0.422 e. The summed E-state index contributed by atoms with van der Waals surface area (Å²) in [6.45, 7) is 2.33. The van der Waals surface area contributed by atoms with Gasteiger partial charge in [0.25, 0.3) is 5.69 Å². The van der Waals surface area contributed by atoms with E-state index < -0.39 is 10.8 Å². The van der Waals surface area contributed by atoms with Crippen molar-refractivity contribution in [2.45, 2.75) is 19.4 Å². The predicted molar refractivity (Wildman–Crippen MR) is 105 cm³/mol. The van der Waals surface area contributed by atoms with Crippen LogP contribution in [0.1, 0.15) is 28.3 Å². The molecule has 8 heteroatoms. The molecule has 8 nitrogen and oxygen atoms in total. The standard InChI is InChI=1S/C21H17N5O3/c1-13-18-19(15-7-9-16(10-8-15)26(27)28)17(11-22)20(23)29-21(18)25(24-13)12-14-5-3-2-4-6-14/h2-10,19H,12,23H2,1H3. The number of fused-ring (bicyclic) bond motifs is 1. The summed E-state index contributed by atoms with van der Waals surface area (Å²) in [5, 5.41) is 25.3. The summed E-state index contributed by atoms with van der Waals surface area (Å²) in [7, 11) is 0. The van der Waals surface area contributed by atoms with Crippen molar-refractivity contribution in [1.29, 1.82) is 5.26 Å². The highest BCUT2D eigenvalue weighted by Crippen LogP contribution is 2.44. The number of nitro benzene ring substituents is 1. The van der Waals surface area contributed by atoms with E-state index >= 15 is 0 Å². The fourth-order valence-electron chi connectivity index (χ4n) is 3.56. The molecule has 1 aliphatic heterocycles. The van der Waals surface area contributed by atoms with Crippen LogP contribution in [0.3, 0.4) is 0 Å². The van der Waals surface area contributed by atoms with E-state index in [0.717, 1.165) is 11.1 Å². The predicted octanol–water partition coefficient (Wildman–Crippen LogP) is 3.37. The molecule has 1 atom stereocenters. The number of nitriles is 1. The number of ether oxygens (including phenoxy) is 1. The van der Waals surface area contributed by atoms with E-state index in [2.05, 4.69) is 11.2 Å². The van der Waals surface area contributed by atoms with Gasteiger partial charge in [0.1, 0.15) is 11.6 Å². The minimum absolute atomic E-state index is 0.0116. The van der Waals surface area contributed by atoms with Crippen LogP contribution in [0.25, 0.3) is 0 Å². The van der Waals surface area contributed by atoms with E-state index in [0.29, 0.717) is 23.7 Å². The Hall–Kier alpha value is -4.12. The van der Waals surface area contributed by atoms with E-state index in [9.17, 15) is 15.4 Å². The molecular formula is C21H17N5O3. The van der Waals surface area contributed by atoms with Gasteiger partial charge in [-0.15, -0.1) is 0 Å². The third-order valence-corrected chi connectivity index (χ3v) is 4.91. The molecule has 1 aliphatic rings. The molecule has 2 heterocycles. The molecule has 2 N–H and O–H groups in total. The summed E-state index contributed by atoms with van der Waals surface area (Å²) in [6, 6.07) is 18.0. The van der Waals surface area contributed by atoms with Crippen molar-refractivity contribution in [3.8, 4) is 11.9 Å². The molecular weight excluding hydrogens is 370 g/mol. The van der Waals surface area contributed by atoms with E-state index in [4.69, 9.17) is 10.5 Å². The smallest absolute Gasteiger partial charge is 0.269 e. The molecule has 2 aromatic carbocycles. The summed E-state index contributed by atoms with van der Waals surface area (Å²) >= 11 is 0. The van der Waals surface area contributed by atoms with Crippen LogP contribution >= 0.6 is 0 Å². The Morgan fingerprint density at radius 1 is 1.24 bits per heavy atom. The number of nitrogens with two attached hydrogens (primary N) is 1. The van der Waals surface area contributed by atoms with Crippen molar-refractivity contribution < 1.29 is 9.66 Å². The molecule has 3 aromatic rings. The highest BCUT2D eigenvalue weighted by atomic mass is 16.6. The second kappa shape index (κ2) is 7.13. The topological polar surface area (TPSA) is 120 Å². The Kier molecular flexibility index (Phi) is 4.49. The first-order chi connectivity index (χ1) is 14.0. The van der Waals surface area contributed by atoms with E-state index in [1.165, 1.54) is 12.1 Å². The molecule has 1 unspecified atom stereocenters. The minimum Gasteiger partial charge on any atom is -0.422 e. The first-order valence-corrected chi connectivity index (χ1v) is 8.92. The Morgan fingerprint density at radius 2 is 1.93 bits per heavy atom. The molecule has 0 saturated carbocycles. The number of nitro groups is 1. The van der Waals surface area contributed by atoms with Gasteiger partial charge in [-0.05, 0) is 18.1 Å². The lowest BCUT2D eigenvalue weighted by Crippen LogP contribution is -2.22. The highest BCUT2D eigenvalue weighted by Gasteiger charge is 2.35. The molecule has 0 amide bonds. The summed E-state index contributed by atoms with van der Waals surface area (Å²) in [6.07, 6.45) is 0. The lowest BCUT2D eigenvalue weighted by atomic mass is 9.84. The summed E-state index contributed by atoms with van der Waals surface area (Å²) in [5.74, 6) is -0.0159. The van der Waals surface area contributed by atoms with Crippen LogP contribution in [0.2, 0.25) is 0 Å². The van der Waals surface area contributed by atoms with Crippen LogP contribution in [0, 0.1) is 28.4 Å². The average molecular weight is 387 g/mol. The monoisotopic (exact) mass is 387 g/mol. The Bertz CT molecular complexity index is 1160. The van der Waals surface area contributed by atoms with E-state index in [-0.39, 0.29) is 17.1 Å². The van der Waals surface area contributed by atoms with Gasteiger partial charge >= 0.3 is 0 Å². The maximum absolute atomic E-state index is 11.0. The number of allylic oxidation sites excluding steroid dienone is 1. The molecule has 0 saturated heterocycles. The molecule has 0 aliphatic carbocycles. The number of hydrogen-bond donors (Lipinski definition) is 1. The van der Waals surface area contributed by atoms with Gasteiger partial charge in [-0.25, -0.2) is 4.68 Å². The second-order valence-electron chi connectivity index (χ2n) is 6.72. The third-order valence-electron chi connectivity index (χ3n) is 4.91. The maximum atomic E-state index is 11.0. The highest BCUT2D eigenvalue weighted by molar-refractivity contribution is 5.56. The van der Waals surface area contributed by atoms with Crippen molar-refractivity contribution >= 4 is 5.69 Å². The summed E-state index contributed by atoms with van der Waals surface area (Å²) in [4.78, 5) is 10.5. The second-order valence-corrected chi connectivity index (χ2v) is 6.72. The van der Waals surface area contributed by atoms with E-state index in [1.54, 1.807) is 16.8 Å². The van der Waals surface area contributed by atoms with Gasteiger partial charge in [-0.2, -0.15) is 10.4 Å². The molecule has 4 rings (SSSR count). The number of non-ortho nitro benzene ring substituents is 1. The van der Waals surface area contributed by atoms with Gasteiger partial charge in [-0.1, -0.05) is 42.5 Å². The average Bonchev–Trinajstić information content (AvgIpc) is 3.02. The Labute approximate surface area is 166 Å². The Balaban J connectivity index is 1.82. The van der Waals surface area contributed by atoms with Crippen LogP contribution in [-0.4, -0.2) is 14.7 Å². The molecule has 1 aromatic heterocycles. The van der Waals surface area contributed by atoms with Gasteiger partial charge in [0, 0.05) is 12.1 Å². The lowest BCUT2D eigenvalue weighted by molar-refractivity contribution is -0.384. The van der Waals surface area contributed by atoms with Crippen molar-refractivity contribution in [3.05, 3.63) is 98.6 Å². The number of aryl methyl sites for hydroxylation is 1. The van der Waals surface area contributed by atoms with Crippen LogP contribution in [0.15, 0.2) is 66.1 Å². The third kappa shape index (κ3) is 3.19. The molecule has 0 fully saturated rings. The normalized spacial score (nSPS) is 15.4. The first-order valence-electron chi connectivity index (χ1n) is 8.92. The SMILES string of the molecule is Cc1nn(Cc2ccccc2)c2c1C(c1ccc([N+](=O)[O-])cc1)C(C#N)=C(N)O2. The molecule has 29 heavy (non-hydrogen) atoms. The molecule has 0 spiro atoms. The van der Waals surface area contributed by atoms with Crippen LogP contribution in [-0.2, 0) is 6.54 Å². The number of hydrogen-bond acceptors (Lipinski definition) is 6. The van der Waals surface area contributed by atoms with Crippen molar-refractivity contribution in [2.75, 3.05) is 0 Å². The molecule has 144 valence electrons. The van der Waals surface area contributed by atoms with Crippen molar-refractivity contribution in [3.63, 3.8) is 0 Å². The van der Waals surface area contributed by atoms with Crippen LogP contribution < -0.4 is 10.5 Å². The van der Waals surface area contributed by atoms with Crippen molar-refractivity contribution in [1.82, 2.24) is 9.78 Å². The van der Waals surface area contributed by atoms with Crippen LogP contribution in [0.5, 0.6) is 5.88 Å². The minimum atomic E-state index is -0.505. The Morgan fingerprint density at radius 3 is 2.55 bits per heavy atom. The number of aromatic nitrogens is 2. The quantitative estimate of drug-likeness (QED) is 0.541. The molecule has 0 bridgehead atoms. The zero-order chi connectivity index (χ0) is 20.5. The summed E-state index contributed by atoms with van der Waals surface area (Å²) in [5.41, 5.74) is 9.50. The van der Waals surface area contributed by atoms with Gasteiger partial charge in [-0.3, -0.25) is 10.1 Å². The van der Waals surface area contributed by atoms with Crippen LogP contribution in [0.4, 0.5) is 5.69 Å². The fourth-order valence-corrected chi connectivity index (χ4v) is 3.56. The zero-order valence-corrected chi connectivity index (χ0v) is 15.6. The number of nitrogens with zero attached hydrogens (tertiary/aromatic N) is 4. The zero-order valence-electron chi connectivity index (χ0n) is 15.6. The van der Waals surface area contributed by atoms with Crippen molar-refractivity contribution in [2.24, 2.45) is 5.73 Å². The molecule has 0 radical (unpaired) electrons. The fraction of sp³-hybridized carbons (Fsp3) is 0.143. The van der Waals surface area contributed by atoms with Gasteiger partial charge in [0.05, 0.1) is 28.6 Å². The maximum Gasteiger partial charge on any atom is 0.269 e.